The highest BCUT2D eigenvalue weighted by atomic mass is 16.5. The van der Waals surface area contributed by atoms with Crippen LogP contribution in [0.2, 0.25) is 0 Å². The third kappa shape index (κ3) is 59.4. The fourth-order valence-corrected chi connectivity index (χ4v) is 10.4. The number of hydrogen-bond acceptors (Lipinski definition) is 5. The van der Waals surface area contributed by atoms with Crippen molar-refractivity contribution in [3.63, 3.8) is 0 Å². The van der Waals surface area contributed by atoms with Crippen LogP contribution >= 0.6 is 0 Å². The predicted octanol–water partition coefficient (Wildman–Crippen LogP) is 21.0. The van der Waals surface area contributed by atoms with Gasteiger partial charge in [0.2, 0.25) is 5.91 Å². The van der Waals surface area contributed by atoms with Gasteiger partial charge in [-0.05, 0) is 57.8 Å². The molecule has 0 aromatic carbocycles. The molecule has 0 aromatic heterocycles. The number of aliphatic hydroxyl groups is 2. The summed E-state index contributed by atoms with van der Waals surface area (Å²) >= 11 is 0. The SMILES string of the molecule is CCCCCCCCCCCCCCCCCCCCC/C=C/C(O)C(CO)NC(=O)CCCCCCC/C=C\CCCCCCCCCOC(=O)CCCCCCCCCCCCCCCCCCCCC. The Kier molecular flexibility index (Phi) is 61.4. The molecule has 6 nitrogen and oxygen atoms in total. The van der Waals surface area contributed by atoms with Gasteiger partial charge in [-0.3, -0.25) is 9.59 Å². The van der Waals surface area contributed by atoms with Crippen molar-refractivity contribution in [2.75, 3.05) is 13.2 Å². The number of allylic oxidation sites excluding steroid dienone is 3. The van der Waals surface area contributed by atoms with Crippen molar-refractivity contribution in [2.24, 2.45) is 0 Å². The summed E-state index contributed by atoms with van der Waals surface area (Å²) in [5.74, 6) is -0.0797. The van der Waals surface area contributed by atoms with Crippen molar-refractivity contribution in [3.05, 3.63) is 24.3 Å². The highest BCUT2D eigenvalue weighted by molar-refractivity contribution is 5.76. The van der Waals surface area contributed by atoms with Gasteiger partial charge in [-0.25, -0.2) is 0 Å². The summed E-state index contributed by atoms with van der Waals surface area (Å²) in [7, 11) is 0. The second kappa shape index (κ2) is 62.9. The number of ether oxygens (including phenoxy) is 1. The van der Waals surface area contributed by atoms with E-state index in [2.05, 4.69) is 31.3 Å². The fraction of sp³-hybridized carbons (Fsp3) is 0.910. The van der Waals surface area contributed by atoms with Crippen molar-refractivity contribution in [1.29, 1.82) is 0 Å². The molecule has 0 rings (SSSR count). The molecule has 3 N–H and O–H groups in total. The Labute approximate surface area is 456 Å². The number of carbonyl (C=O) groups is 2. The highest BCUT2D eigenvalue weighted by Gasteiger charge is 2.18. The van der Waals surface area contributed by atoms with Gasteiger partial charge in [0.15, 0.2) is 0 Å². The Bertz CT molecular complexity index is 1140. The number of unbranched alkanes of at least 4 members (excludes halogenated alkanes) is 49. The number of nitrogens with one attached hydrogen (secondary N) is 1. The average molecular weight is 1030 g/mol. The third-order valence-electron chi connectivity index (χ3n) is 15.5. The van der Waals surface area contributed by atoms with Crippen molar-refractivity contribution < 1.29 is 24.5 Å². The van der Waals surface area contributed by atoms with Crippen LogP contribution in [0.25, 0.3) is 0 Å². The van der Waals surface area contributed by atoms with Gasteiger partial charge >= 0.3 is 5.97 Å². The van der Waals surface area contributed by atoms with Crippen molar-refractivity contribution in [3.8, 4) is 0 Å². The third-order valence-corrected chi connectivity index (χ3v) is 15.5. The number of rotatable bonds is 62. The molecule has 0 fully saturated rings. The Hall–Kier alpha value is -1.66. The lowest BCUT2D eigenvalue weighted by Gasteiger charge is -2.20. The van der Waals surface area contributed by atoms with E-state index >= 15 is 0 Å². The second-order valence-corrected chi connectivity index (χ2v) is 22.8. The van der Waals surface area contributed by atoms with Crippen LogP contribution < -0.4 is 5.32 Å². The van der Waals surface area contributed by atoms with E-state index in [0.717, 1.165) is 64.2 Å². The summed E-state index contributed by atoms with van der Waals surface area (Å²) in [5.41, 5.74) is 0. The van der Waals surface area contributed by atoms with Gasteiger partial charge < -0.3 is 20.3 Å². The van der Waals surface area contributed by atoms with E-state index in [1.165, 1.54) is 276 Å². The molecule has 0 aliphatic carbocycles. The molecule has 0 saturated carbocycles. The van der Waals surface area contributed by atoms with Crippen LogP contribution in [0.4, 0.5) is 0 Å². The Morgan fingerprint density at radius 3 is 0.973 bits per heavy atom. The first-order valence-electron chi connectivity index (χ1n) is 33.1. The fourth-order valence-electron chi connectivity index (χ4n) is 10.4. The quantitative estimate of drug-likeness (QED) is 0.0320. The average Bonchev–Trinajstić information content (AvgIpc) is 3.39. The molecular formula is C67H129NO5. The molecule has 432 valence electrons. The van der Waals surface area contributed by atoms with Crippen molar-refractivity contribution in [1.82, 2.24) is 5.32 Å². The molecule has 0 saturated heterocycles. The second-order valence-electron chi connectivity index (χ2n) is 22.8. The summed E-state index contributed by atoms with van der Waals surface area (Å²) in [6, 6.07) is -0.641. The van der Waals surface area contributed by atoms with Crippen LogP contribution in [0.3, 0.4) is 0 Å². The molecular weight excluding hydrogens is 899 g/mol. The standard InChI is InChI=1S/C67H129NO5/c1-3-5-7-9-11-13-15-17-19-21-23-24-26-27-31-35-39-43-47-51-55-59-65(70)64(63-69)68-66(71)60-56-52-48-44-40-36-32-29-30-34-38-42-46-50-54-58-62-73-67(72)61-57-53-49-45-41-37-33-28-25-22-20-18-16-14-12-10-8-6-4-2/h29,32,55,59,64-65,69-70H,3-28,30-31,33-54,56-58,60-63H2,1-2H3,(H,68,71)/b32-29-,59-55+. The Morgan fingerprint density at radius 1 is 0.370 bits per heavy atom. The van der Waals surface area contributed by atoms with E-state index in [1.54, 1.807) is 6.08 Å². The molecule has 0 heterocycles. The van der Waals surface area contributed by atoms with E-state index in [9.17, 15) is 19.8 Å². The molecule has 2 atom stereocenters. The lowest BCUT2D eigenvalue weighted by molar-refractivity contribution is -0.143. The van der Waals surface area contributed by atoms with Gasteiger partial charge in [0, 0.05) is 12.8 Å². The first kappa shape index (κ1) is 71.3. The normalized spacial score (nSPS) is 12.7. The van der Waals surface area contributed by atoms with Crippen LogP contribution in [0.5, 0.6) is 0 Å². The van der Waals surface area contributed by atoms with E-state index in [-0.39, 0.29) is 18.5 Å². The molecule has 1 amide bonds. The van der Waals surface area contributed by atoms with Gasteiger partial charge in [-0.1, -0.05) is 321 Å². The van der Waals surface area contributed by atoms with Crippen LogP contribution in [0.15, 0.2) is 24.3 Å². The molecule has 0 radical (unpaired) electrons. The minimum Gasteiger partial charge on any atom is -0.466 e. The molecule has 73 heavy (non-hydrogen) atoms. The van der Waals surface area contributed by atoms with Crippen molar-refractivity contribution >= 4 is 11.9 Å². The molecule has 2 unspecified atom stereocenters. The van der Waals surface area contributed by atoms with E-state index < -0.39 is 12.1 Å². The first-order chi connectivity index (χ1) is 36.0. The molecule has 0 bridgehead atoms. The van der Waals surface area contributed by atoms with Crippen LogP contribution in [0, 0.1) is 0 Å². The van der Waals surface area contributed by atoms with Crippen molar-refractivity contribution in [2.45, 2.75) is 379 Å². The van der Waals surface area contributed by atoms with Crippen LogP contribution in [-0.2, 0) is 14.3 Å². The molecule has 0 aliphatic rings. The Morgan fingerprint density at radius 2 is 0.644 bits per heavy atom. The zero-order valence-electron chi connectivity index (χ0n) is 49.4. The van der Waals surface area contributed by atoms with Gasteiger partial charge in [0.05, 0.1) is 25.4 Å². The lowest BCUT2D eigenvalue weighted by atomic mass is 10.0. The van der Waals surface area contributed by atoms with Crippen LogP contribution in [-0.4, -0.2) is 47.4 Å². The Balaban J connectivity index is 3.46. The summed E-state index contributed by atoms with van der Waals surface area (Å²) in [6.45, 7) is 4.92. The van der Waals surface area contributed by atoms with E-state index in [4.69, 9.17) is 4.74 Å². The summed E-state index contributed by atoms with van der Waals surface area (Å²) in [4.78, 5) is 24.6. The smallest absolute Gasteiger partial charge is 0.305 e. The molecule has 0 spiro atoms. The molecule has 0 aliphatic heterocycles. The predicted molar refractivity (Wildman–Crippen MR) is 320 cm³/mol. The number of aliphatic hydroxyl groups excluding tert-OH is 2. The van der Waals surface area contributed by atoms with Gasteiger partial charge in [0.1, 0.15) is 0 Å². The number of carbonyl (C=O) groups excluding carboxylic acids is 2. The van der Waals surface area contributed by atoms with Gasteiger partial charge in [-0.2, -0.15) is 0 Å². The number of hydrogen-bond donors (Lipinski definition) is 3. The number of amides is 1. The lowest BCUT2D eigenvalue weighted by Crippen LogP contribution is -2.45. The minimum atomic E-state index is -0.856. The minimum absolute atomic E-state index is 0.00173. The largest absolute Gasteiger partial charge is 0.466 e. The summed E-state index contributed by atoms with van der Waals surface area (Å²) in [5, 5.41) is 23.2. The van der Waals surface area contributed by atoms with E-state index in [0.29, 0.717) is 19.4 Å². The maximum Gasteiger partial charge on any atom is 0.305 e. The summed E-state index contributed by atoms with van der Waals surface area (Å²) in [6.07, 6.45) is 78.0. The maximum atomic E-state index is 12.5. The maximum absolute atomic E-state index is 12.5. The highest BCUT2D eigenvalue weighted by Crippen LogP contribution is 2.18. The zero-order valence-corrected chi connectivity index (χ0v) is 49.4. The monoisotopic (exact) mass is 1030 g/mol. The topological polar surface area (TPSA) is 95.9 Å². The first-order valence-corrected chi connectivity index (χ1v) is 33.1. The van der Waals surface area contributed by atoms with E-state index in [1.807, 2.05) is 6.08 Å². The molecule has 0 aromatic rings. The summed E-state index contributed by atoms with van der Waals surface area (Å²) < 4.78 is 5.50. The van der Waals surface area contributed by atoms with Crippen LogP contribution in [0.1, 0.15) is 367 Å². The van der Waals surface area contributed by atoms with Gasteiger partial charge in [-0.15, -0.1) is 0 Å². The zero-order chi connectivity index (χ0) is 52.9. The number of esters is 1. The van der Waals surface area contributed by atoms with Gasteiger partial charge in [0.25, 0.3) is 0 Å². The molecule has 6 heteroatoms.